The molecule has 64 valence electrons. The van der Waals surface area contributed by atoms with Crippen molar-refractivity contribution in [2.45, 2.75) is 6.54 Å². The minimum atomic E-state index is 0.672. The van der Waals surface area contributed by atoms with Gasteiger partial charge in [-0.3, -0.25) is 9.10 Å². The fraction of sp³-hybridized carbons (Fsp3) is 0.222. The van der Waals surface area contributed by atoms with Gasteiger partial charge in [-0.25, -0.2) is 0 Å². The number of hydrogen-bond donors (Lipinski definition) is 0. The Labute approximate surface area is 76.7 Å². The van der Waals surface area contributed by atoms with E-state index in [4.69, 9.17) is 0 Å². The molecule has 0 aliphatic heterocycles. The third kappa shape index (κ3) is 2.58. The van der Waals surface area contributed by atoms with Crippen LogP contribution in [0.5, 0.6) is 0 Å². The third-order valence-electron chi connectivity index (χ3n) is 1.53. The highest BCUT2D eigenvalue weighted by Gasteiger charge is 1.98. The number of amides is 1. The second kappa shape index (κ2) is 4.83. The summed E-state index contributed by atoms with van der Waals surface area (Å²) in [6, 6.07) is 9.92. The normalized spacial score (nSPS) is 9.42. The molecule has 0 radical (unpaired) electrons. The Bertz CT molecular complexity index is 238. The molecule has 3 heteroatoms. The minimum absolute atomic E-state index is 0.672. The molecular formula is C9H11NOS. The summed E-state index contributed by atoms with van der Waals surface area (Å²) in [5.74, 6) is 0. The molecule has 0 aromatic heterocycles. The Morgan fingerprint density at radius 2 is 2.08 bits per heavy atom. The third-order valence-corrected chi connectivity index (χ3v) is 2.22. The molecule has 0 spiro atoms. The van der Waals surface area contributed by atoms with Crippen molar-refractivity contribution in [1.82, 2.24) is 4.31 Å². The van der Waals surface area contributed by atoms with E-state index in [9.17, 15) is 4.79 Å². The summed E-state index contributed by atoms with van der Waals surface area (Å²) in [5, 5.41) is 0. The zero-order valence-electron chi connectivity index (χ0n) is 6.93. The highest BCUT2D eigenvalue weighted by Crippen LogP contribution is 2.08. The molecule has 1 amide bonds. The molecule has 1 rings (SSSR count). The van der Waals surface area contributed by atoms with Gasteiger partial charge in [0.2, 0.25) is 6.41 Å². The first-order valence-corrected chi connectivity index (χ1v) is 4.85. The van der Waals surface area contributed by atoms with Crippen LogP contribution in [0, 0.1) is 0 Å². The smallest absolute Gasteiger partial charge is 0.219 e. The molecular weight excluding hydrogens is 170 g/mol. The number of benzene rings is 1. The monoisotopic (exact) mass is 181 g/mol. The van der Waals surface area contributed by atoms with Crippen molar-refractivity contribution in [3.63, 3.8) is 0 Å². The quantitative estimate of drug-likeness (QED) is 0.522. The van der Waals surface area contributed by atoms with Crippen LogP contribution in [-0.4, -0.2) is 17.0 Å². The lowest BCUT2D eigenvalue weighted by Crippen LogP contribution is -2.11. The average molecular weight is 181 g/mol. The molecule has 0 unspecified atom stereocenters. The lowest BCUT2D eigenvalue weighted by molar-refractivity contribution is -0.114. The van der Waals surface area contributed by atoms with E-state index in [2.05, 4.69) is 0 Å². The summed E-state index contributed by atoms with van der Waals surface area (Å²) < 4.78 is 1.65. The highest BCUT2D eigenvalue weighted by atomic mass is 32.2. The van der Waals surface area contributed by atoms with E-state index in [0.29, 0.717) is 6.54 Å². The lowest BCUT2D eigenvalue weighted by atomic mass is 10.2. The van der Waals surface area contributed by atoms with Gasteiger partial charge in [0, 0.05) is 6.26 Å². The first-order valence-electron chi connectivity index (χ1n) is 3.67. The molecule has 0 saturated heterocycles. The largest absolute Gasteiger partial charge is 0.285 e. The number of carbonyl (C=O) groups is 1. The van der Waals surface area contributed by atoms with Gasteiger partial charge in [-0.15, -0.1) is 0 Å². The fourth-order valence-corrected chi connectivity index (χ4v) is 1.27. The maximum Gasteiger partial charge on any atom is 0.219 e. The highest BCUT2D eigenvalue weighted by molar-refractivity contribution is 7.96. The summed E-state index contributed by atoms with van der Waals surface area (Å²) in [5.41, 5.74) is 1.15. The summed E-state index contributed by atoms with van der Waals surface area (Å²) in [4.78, 5) is 10.4. The molecule has 12 heavy (non-hydrogen) atoms. The van der Waals surface area contributed by atoms with Crippen molar-refractivity contribution in [1.29, 1.82) is 0 Å². The molecule has 0 bridgehead atoms. The van der Waals surface area contributed by atoms with E-state index >= 15 is 0 Å². The van der Waals surface area contributed by atoms with Crippen LogP contribution in [0.2, 0.25) is 0 Å². The molecule has 0 fully saturated rings. The Hall–Kier alpha value is -0.960. The predicted octanol–water partition coefficient (Wildman–Crippen LogP) is 1.92. The van der Waals surface area contributed by atoms with Gasteiger partial charge in [0.1, 0.15) is 0 Å². The van der Waals surface area contributed by atoms with Crippen LogP contribution in [-0.2, 0) is 11.3 Å². The Balaban J connectivity index is 2.56. The van der Waals surface area contributed by atoms with E-state index in [0.717, 1.165) is 12.0 Å². The zero-order valence-corrected chi connectivity index (χ0v) is 7.75. The van der Waals surface area contributed by atoms with E-state index < -0.39 is 0 Å². The van der Waals surface area contributed by atoms with Gasteiger partial charge < -0.3 is 0 Å². The van der Waals surface area contributed by atoms with Crippen molar-refractivity contribution in [3.05, 3.63) is 35.9 Å². The second-order valence-electron chi connectivity index (χ2n) is 2.35. The minimum Gasteiger partial charge on any atom is -0.285 e. The number of carbonyl (C=O) groups excluding carboxylic acids is 1. The molecule has 1 aromatic carbocycles. The first kappa shape index (κ1) is 9.13. The standard InChI is InChI=1S/C9H11NOS/c1-12-10(8-11)7-9-5-3-2-4-6-9/h2-6,8H,7H2,1H3. The van der Waals surface area contributed by atoms with Gasteiger partial charge in [0.05, 0.1) is 6.54 Å². The maximum absolute atomic E-state index is 10.4. The molecule has 1 aromatic rings. The molecule has 0 N–H and O–H groups in total. The van der Waals surface area contributed by atoms with Gasteiger partial charge in [-0.2, -0.15) is 0 Å². The summed E-state index contributed by atoms with van der Waals surface area (Å²) in [6.07, 6.45) is 2.73. The van der Waals surface area contributed by atoms with E-state index in [1.54, 1.807) is 4.31 Å². The Kier molecular flexibility index (Phi) is 3.67. The topological polar surface area (TPSA) is 20.3 Å². The number of hydrogen-bond acceptors (Lipinski definition) is 2. The molecule has 0 saturated carbocycles. The maximum atomic E-state index is 10.4. The van der Waals surface area contributed by atoms with E-state index in [1.165, 1.54) is 11.9 Å². The van der Waals surface area contributed by atoms with Crippen LogP contribution < -0.4 is 0 Å². The number of rotatable bonds is 4. The molecule has 0 atom stereocenters. The second-order valence-corrected chi connectivity index (χ2v) is 3.18. The molecule has 0 aliphatic carbocycles. The predicted molar refractivity (Wildman–Crippen MR) is 51.6 cm³/mol. The van der Waals surface area contributed by atoms with Gasteiger partial charge in [-0.1, -0.05) is 42.3 Å². The van der Waals surface area contributed by atoms with Crippen LogP contribution in [0.4, 0.5) is 0 Å². The lowest BCUT2D eigenvalue weighted by Gasteiger charge is -2.12. The van der Waals surface area contributed by atoms with Crippen LogP contribution >= 0.6 is 11.9 Å². The van der Waals surface area contributed by atoms with E-state index in [-0.39, 0.29) is 0 Å². The van der Waals surface area contributed by atoms with Crippen molar-refractivity contribution in [3.8, 4) is 0 Å². The number of nitrogens with zero attached hydrogens (tertiary/aromatic N) is 1. The van der Waals surface area contributed by atoms with Crippen LogP contribution in [0.1, 0.15) is 5.56 Å². The molecule has 0 aliphatic rings. The fourth-order valence-electron chi connectivity index (χ4n) is 0.908. The van der Waals surface area contributed by atoms with Gasteiger partial charge in [0.15, 0.2) is 0 Å². The molecule has 2 nitrogen and oxygen atoms in total. The van der Waals surface area contributed by atoms with Crippen molar-refractivity contribution in [2.75, 3.05) is 6.26 Å². The SMILES string of the molecule is CSN(C=O)Cc1ccccc1. The van der Waals surface area contributed by atoms with Gasteiger partial charge in [-0.05, 0) is 5.56 Å². The Morgan fingerprint density at radius 1 is 1.42 bits per heavy atom. The van der Waals surface area contributed by atoms with Crippen molar-refractivity contribution in [2.24, 2.45) is 0 Å². The van der Waals surface area contributed by atoms with Gasteiger partial charge >= 0.3 is 0 Å². The summed E-state index contributed by atoms with van der Waals surface area (Å²) >= 11 is 1.43. The van der Waals surface area contributed by atoms with Crippen molar-refractivity contribution >= 4 is 18.4 Å². The summed E-state index contributed by atoms with van der Waals surface area (Å²) in [7, 11) is 0. The van der Waals surface area contributed by atoms with Crippen LogP contribution in [0.25, 0.3) is 0 Å². The van der Waals surface area contributed by atoms with Crippen molar-refractivity contribution < 1.29 is 4.79 Å². The van der Waals surface area contributed by atoms with Gasteiger partial charge in [0.25, 0.3) is 0 Å². The molecule has 0 heterocycles. The Morgan fingerprint density at radius 3 is 2.58 bits per heavy atom. The average Bonchev–Trinajstić information content (AvgIpc) is 2.16. The van der Waals surface area contributed by atoms with Crippen LogP contribution in [0.15, 0.2) is 30.3 Å². The summed E-state index contributed by atoms with van der Waals surface area (Å²) in [6.45, 7) is 0.672. The first-order chi connectivity index (χ1) is 5.86. The van der Waals surface area contributed by atoms with Crippen LogP contribution in [0.3, 0.4) is 0 Å². The zero-order chi connectivity index (χ0) is 8.81. The van der Waals surface area contributed by atoms with E-state index in [1.807, 2.05) is 36.6 Å².